The van der Waals surface area contributed by atoms with Crippen molar-refractivity contribution in [2.45, 2.75) is 34.4 Å². The third-order valence-corrected chi connectivity index (χ3v) is 8.12. The van der Waals surface area contributed by atoms with Crippen LogP contribution in [0.5, 0.6) is 5.75 Å². The number of thiophene rings is 1. The Kier molecular flexibility index (Phi) is 7.24. The number of phenols is 1. The second-order valence-corrected chi connectivity index (χ2v) is 9.71. The molecule has 2 rings (SSSR count). The number of rotatable bonds is 7. The fourth-order valence-corrected chi connectivity index (χ4v) is 6.53. The molecule has 0 amide bonds. The predicted molar refractivity (Wildman–Crippen MR) is 101 cm³/mol. The smallest absolute Gasteiger partial charge is 0.419 e. The van der Waals surface area contributed by atoms with Gasteiger partial charge < -0.3 is 9.83 Å². The molecule has 2 aromatic rings. The monoisotopic (exact) mass is 473 g/mol. The standard InChI is InChI=1S/C15H15BrF3NO2S3/c1-2-3-6-23-14-11(16)8-13(24-14)25(22)20-9-4-5-10(12(21)7-9)15(17,18)19/h4-5,7-8,20-21H,2-3,6H2,1H3. The third-order valence-electron chi connectivity index (χ3n) is 3.06. The number of anilines is 1. The molecule has 0 spiro atoms. The summed E-state index contributed by atoms with van der Waals surface area (Å²) in [6, 6.07) is 4.54. The van der Waals surface area contributed by atoms with E-state index in [-0.39, 0.29) is 5.69 Å². The van der Waals surface area contributed by atoms with Crippen molar-refractivity contribution in [2.24, 2.45) is 0 Å². The summed E-state index contributed by atoms with van der Waals surface area (Å²) in [5.74, 6) is 0.0553. The van der Waals surface area contributed by atoms with Gasteiger partial charge in [0, 0.05) is 10.5 Å². The first kappa shape index (κ1) is 20.6. The lowest BCUT2D eigenvalue weighted by atomic mass is 10.2. The van der Waals surface area contributed by atoms with Gasteiger partial charge in [-0.05, 0) is 46.3 Å². The molecule has 2 N–H and O–H groups in total. The summed E-state index contributed by atoms with van der Waals surface area (Å²) in [5.41, 5.74) is -0.981. The van der Waals surface area contributed by atoms with Gasteiger partial charge in [-0.2, -0.15) is 13.2 Å². The Hall–Kier alpha value is -0.710. The van der Waals surface area contributed by atoms with Gasteiger partial charge >= 0.3 is 6.18 Å². The van der Waals surface area contributed by atoms with E-state index in [2.05, 4.69) is 27.6 Å². The molecule has 1 aromatic heterocycles. The van der Waals surface area contributed by atoms with Gasteiger partial charge in [-0.1, -0.05) is 13.3 Å². The van der Waals surface area contributed by atoms with Crippen LogP contribution in [-0.4, -0.2) is 15.1 Å². The summed E-state index contributed by atoms with van der Waals surface area (Å²) in [7, 11) is -1.63. The van der Waals surface area contributed by atoms with Crippen LogP contribution in [0.25, 0.3) is 0 Å². The average molecular weight is 474 g/mol. The zero-order chi connectivity index (χ0) is 18.6. The van der Waals surface area contributed by atoms with Crippen LogP contribution in [0.15, 0.2) is 37.2 Å². The summed E-state index contributed by atoms with van der Waals surface area (Å²) in [6.07, 6.45) is -2.46. The number of hydrogen-bond acceptors (Lipinski definition) is 4. The second kappa shape index (κ2) is 8.79. The molecule has 1 aromatic carbocycles. The molecule has 1 heterocycles. The number of aromatic hydroxyl groups is 1. The molecule has 0 bridgehead atoms. The van der Waals surface area contributed by atoms with Crippen molar-refractivity contribution in [2.75, 3.05) is 10.5 Å². The molecule has 0 saturated heterocycles. The lowest BCUT2D eigenvalue weighted by Gasteiger charge is -2.11. The molecule has 0 radical (unpaired) electrons. The van der Waals surface area contributed by atoms with Gasteiger partial charge in [0.25, 0.3) is 0 Å². The van der Waals surface area contributed by atoms with Gasteiger partial charge in [0.2, 0.25) is 0 Å². The molecule has 0 aliphatic heterocycles. The molecule has 0 aliphatic carbocycles. The minimum atomic E-state index is -4.63. The zero-order valence-corrected chi connectivity index (χ0v) is 17.1. The van der Waals surface area contributed by atoms with Crippen LogP contribution >= 0.6 is 39.0 Å². The molecule has 25 heavy (non-hydrogen) atoms. The largest absolute Gasteiger partial charge is 0.507 e. The van der Waals surface area contributed by atoms with Crippen molar-refractivity contribution in [3.05, 3.63) is 34.3 Å². The zero-order valence-electron chi connectivity index (χ0n) is 13.0. The van der Waals surface area contributed by atoms with E-state index >= 15 is 0 Å². The summed E-state index contributed by atoms with van der Waals surface area (Å²) >= 11 is 6.46. The molecule has 3 nitrogen and oxygen atoms in total. The maximum Gasteiger partial charge on any atom is 0.419 e. The molecule has 10 heteroatoms. The number of nitrogens with one attached hydrogen (secondary N) is 1. The first-order valence-corrected chi connectivity index (χ1v) is 11.0. The Balaban J connectivity index is 2.10. The van der Waals surface area contributed by atoms with E-state index in [1.807, 2.05) is 0 Å². The maximum absolute atomic E-state index is 12.6. The van der Waals surface area contributed by atoms with E-state index < -0.39 is 28.5 Å². The Morgan fingerprint density at radius 1 is 1.36 bits per heavy atom. The van der Waals surface area contributed by atoms with Crippen LogP contribution < -0.4 is 4.72 Å². The van der Waals surface area contributed by atoms with Gasteiger partial charge in [-0.15, -0.1) is 23.1 Å². The minimum absolute atomic E-state index is 0.147. The van der Waals surface area contributed by atoms with Crippen molar-refractivity contribution in [3.8, 4) is 5.75 Å². The van der Waals surface area contributed by atoms with Gasteiger partial charge in [-0.3, -0.25) is 0 Å². The normalized spacial score (nSPS) is 13.0. The second-order valence-electron chi connectivity index (χ2n) is 5.00. The van der Waals surface area contributed by atoms with Crippen molar-refractivity contribution in [1.82, 2.24) is 0 Å². The highest BCUT2D eigenvalue weighted by molar-refractivity contribution is 9.10. The summed E-state index contributed by atoms with van der Waals surface area (Å²) in [4.78, 5) is 0. The van der Waals surface area contributed by atoms with E-state index in [0.29, 0.717) is 4.21 Å². The molecule has 0 aliphatic rings. The molecular weight excluding hydrogens is 459 g/mol. The van der Waals surface area contributed by atoms with Crippen molar-refractivity contribution in [1.29, 1.82) is 0 Å². The number of benzene rings is 1. The number of hydrogen-bond donors (Lipinski definition) is 2. The highest BCUT2D eigenvalue weighted by atomic mass is 79.9. The van der Waals surface area contributed by atoms with Crippen LogP contribution in [0.4, 0.5) is 18.9 Å². The topological polar surface area (TPSA) is 49.3 Å². The molecule has 138 valence electrons. The van der Waals surface area contributed by atoms with Crippen molar-refractivity contribution < 1.29 is 22.5 Å². The van der Waals surface area contributed by atoms with Crippen LogP contribution in [-0.2, 0) is 17.2 Å². The highest BCUT2D eigenvalue weighted by Gasteiger charge is 2.33. The fraction of sp³-hybridized carbons (Fsp3) is 0.333. The summed E-state index contributed by atoms with van der Waals surface area (Å²) < 4.78 is 55.3. The first-order valence-electron chi connectivity index (χ1n) is 7.23. The van der Waals surface area contributed by atoms with Crippen molar-refractivity contribution in [3.63, 3.8) is 0 Å². The SMILES string of the molecule is CCCCSc1sc(S(=O)Nc2ccc(C(F)(F)F)c(O)c2)cc1Br. The fourth-order valence-electron chi connectivity index (χ4n) is 1.82. The van der Waals surface area contributed by atoms with E-state index in [0.717, 1.165) is 45.5 Å². The summed E-state index contributed by atoms with van der Waals surface area (Å²) in [5, 5.41) is 9.51. The van der Waals surface area contributed by atoms with E-state index in [9.17, 15) is 22.5 Å². The first-order chi connectivity index (χ1) is 11.7. The van der Waals surface area contributed by atoms with Gasteiger partial charge in [0.05, 0.1) is 15.5 Å². The number of unbranched alkanes of at least 4 members (excludes halogenated alkanes) is 1. The van der Waals surface area contributed by atoms with E-state index in [1.165, 1.54) is 11.3 Å². The Bertz CT molecular complexity index is 765. The van der Waals surface area contributed by atoms with Crippen LogP contribution in [0, 0.1) is 0 Å². The van der Waals surface area contributed by atoms with Crippen molar-refractivity contribution >= 4 is 55.7 Å². The van der Waals surface area contributed by atoms with E-state index in [4.69, 9.17) is 0 Å². The lowest BCUT2D eigenvalue weighted by molar-refractivity contribution is -0.138. The molecule has 0 fully saturated rings. The Morgan fingerprint density at radius 2 is 2.08 bits per heavy atom. The third kappa shape index (κ3) is 5.63. The molecule has 1 atom stereocenters. The molecule has 0 saturated carbocycles. The van der Waals surface area contributed by atoms with Crippen LogP contribution in [0.2, 0.25) is 0 Å². The Labute approximate surface area is 162 Å². The number of halogens is 4. The molecule has 1 unspecified atom stereocenters. The van der Waals surface area contributed by atoms with Gasteiger partial charge in [0.1, 0.15) is 9.96 Å². The summed E-state index contributed by atoms with van der Waals surface area (Å²) in [6.45, 7) is 2.11. The number of thioether (sulfide) groups is 1. The Morgan fingerprint density at radius 3 is 2.68 bits per heavy atom. The van der Waals surface area contributed by atoms with Crippen LogP contribution in [0.3, 0.4) is 0 Å². The minimum Gasteiger partial charge on any atom is -0.507 e. The van der Waals surface area contributed by atoms with Crippen LogP contribution in [0.1, 0.15) is 25.3 Å². The van der Waals surface area contributed by atoms with Gasteiger partial charge in [-0.25, -0.2) is 4.21 Å². The quantitative estimate of drug-likeness (QED) is 0.368. The predicted octanol–water partition coefficient (Wildman–Crippen LogP) is 6.26. The highest BCUT2D eigenvalue weighted by Crippen LogP contribution is 2.39. The number of alkyl halides is 3. The number of phenolic OH excluding ortho intramolecular Hbond substituents is 1. The van der Waals surface area contributed by atoms with E-state index in [1.54, 1.807) is 17.8 Å². The average Bonchev–Trinajstić information content (AvgIpc) is 2.88. The van der Waals surface area contributed by atoms with Gasteiger partial charge in [0.15, 0.2) is 11.0 Å². The molecular formula is C15H15BrF3NO2S3. The lowest BCUT2D eigenvalue weighted by Crippen LogP contribution is -2.07. The maximum atomic E-state index is 12.6.